The van der Waals surface area contributed by atoms with Crippen LogP contribution in [-0.4, -0.2) is 61.3 Å². The van der Waals surface area contributed by atoms with E-state index in [0.717, 1.165) is 0 Å². The van der Waals surface area contributed by atoms with E-state index in [9.17, 15) is 10.2 Å². The number of hydrogen-bond donors (Lipinski definition) is 3. The molecule has 9 nitrogen and oxygen atoms in total. The van der Waals surface area contributed by atoms with Crippen molar-refractivity contribution in [3.8, 4) is 0 Å². The fraction of sp³-hybridized carbons (Fsp3) is 0.583. The first-order valence-corrected chi connectivity index (χ1v) is 6.45. The zero-order chi connectivity index (χ0) is 15.2. The summed E-state index contributed by atoms with van der Waals surface area (Å²) in [4.78, 5) is 12.1. The highest BCUT2D eigenvalue weighted by atomic mass is 16.6. The number of anilines is 1. The van der Waals surface area contributed by atoms with Crippen molar-refractivity contribution in [1.82, 2.24) is 19.5 Å². The number of aromatic nitrogens is 4. The summed E-state index contributed by atoms with van der Waals surface area (Å²) in [5, 5.41) is 20.1. The van der Waals surface area contributed by atoms with Crippen LogP contribution in [0.2, 0.25) is 0 Å². The number of aliphatic hydroxyl groups is 2. The van der Waals surface area contributed by atoms with Crippen molar-refractivity contribution in [3.05, 3.63) is 12.7 Å². The molecule has 2 aromatic heterocycles. The Morgan fingerprint density at radius 2 is 2.24 bits per heavy atom. The molecular weight excluding hydrogens is 278 g/mol. The molecule has 0 spiro atoms. The molecule has 4 N–H and O–H groups in total. The van der Waals surface area contributed by atoms with E-state index < -0.39 is 24.0 Å². The van der Waals surface area contributed by atoms with Crippen molar-refractivity contribution in [2.45, 2.75) is 31.0 Å². The molecule has 3 heterocycles. The first-order valence-electron chi connectivity index (χ1n) is 6.45. The summed E-state index contributed by atoms with van der Waals surface area (Å²) >= 11 is 0. The van der Waals surface area contributed by atoms with E-state index in [1.807, 2.05) is 0 Å². The number of aliphatic hydroxyl groups excluding tert-OH is 1. The van der Waals surface area contributed by atoms with Crippen LogP contribution >= 0.6 is 0 Å². The lowest BCUT2D eigenvalue weighted by Gasteiger charge is -2.29. The SMILES string of the molecule is CO[C@@H]1[C@@H](CO)O[C@@H](n2cnc3c(N)ncnc32)[C@]1(C)O. The fourth-order valence-corrected chi connectivity index (χ4v) is 2.81. The maximum Gasteiger partial charge on any atom is 0.168 e. The molecular formula is C12H17N5O4. The number of fused-ring (bicyclic) bond motifs is 1. The van der Waals surface area contributed by atoms with Gasteiger partial charge in [0.2, 0.25) is 0 Å². The van der Waals surface area contributed by atoms with E-state index in [-0.39, 0.29) is 12.4 Å². The van der Waals surface area contributed by atoms with Crippen molar-refractivity contribution in [1.29, 1.82) is 0 Å². The largest absolute Gasteiger partial charge is 0.394 e. The van der Waals surface area contributed by atoms with Crippen molar-refractivity contribution < 1.29 is 19.7 Å². The standard InChI is InChI=1S/C12H17N5O4/c1-12(19)8(20-2)6(3-18)21-11(12)17-5-16-7-9(13)14-4-15-10(7)17/h4-6,8,11,18-19H,3H2,1-2H3,(H2,13,14,15)/t6-,8-,11-,12-/m1/s1. The van der Waals surface area contributed by atoms with E-state index in [2.05, 4.69) is 15.0 Å². The van der Waals surface area contributed by atoms with E-state index >= 15 is 0 Å². The molecule has 1 aliphatic heterocycles. The summed E-state index contributed by atoms with van der Waals surface area (Å²) < 4.78 is 12.6. The Labute approximate surface area is 120 Å². The van der Waals surface area contributed by atoms with Gasteiger partial charge in [-0.25, -0.2) is 15.0 Å². The van der Waals surface area contributed by atoms with Gasteiger partial charge in [0.05, 0.1) is 12.9 Å². The van der Waals surface area contributed by atoms with Crippen LogP contribution in [0.1, 0.15) is 13.2 Å². The van der Waals surface area contributed by atoms with Crippen molar-refractivity contribution in [2.75, 3.05) is 19.5 Å². The summed E-state index contributed by atoms with van der Waals surface area (Å²) in [5.41, 5.74) is 5.26. The molecule has 1 aliphatic rings. The average molecular weight is 295 g/mol. The maximum absolute atomic E-state index is 10.7. The van der Waals surface area contributed by atoms with E-state index in [1.165, 1.54) is 19.8 Å². The van der Waals surface area contributed by atoms with Crippen LogP contribution in [0, 0.1) is 0 Å². The number of imidazole rings is 1. The molecule has 3 rings (SSSR count). The third-order valence-electron chi connectivity index (χ3n) is 3.79. The lowest BCUT2D eigenvalue weighted by Crippen LogP contribution is -2.45. The molecule has 9 heteroatoms. The molecule has 0 aromatic carbocycles. The van der Waals surface area contributed by atoms with Gasteiger partial charge in [0.25, 0.3) is 0 Å². The lowest BCUT2D eigenvalue weighted by molar-refractivity contribution is -0.101. The second-order valence-corrected chi connectivity index (χ2v) is 5.17. The molecule has 2 aromatic rings. The Morgan fingerprint density at radius 1 is 1.48 bits per heavy atom. The zero-order valence-electron chi connectivity index (χ0n) is 11.7. The number of nitrogen functional groups attached to an aromatic ring is 1. The van der Waals surface area contributed by atoms with Crippen LogP contribution in [-0.2, 0) is 9.47 Å². The third kappa shape index (κ3) is 1.97. The Bertz CT molecular complexity index is 658. The molecule has 1 fully saturated rings. The molecule has 0 saturated carbocycles. The molecule has 114 valence electrons. The molecule has 4 atom stereocenters. The van der Waals surface area contributed by atoms with Gasteiger partial charge in [-0.2, -0.15) is 0 Å². The third-order valence-corrected chi connectivity index (χ3v) is 3.79. The maximum atomic E-state index is 10.7. The number of nitrogens with two attached hydrogens (primary N) is 1. The van der Waals surface area contributed by atoms with Gasteiger partial charge in [0.15, 0.2) is 17.7 Å². The Hall–Kier alpha value is -1.81. The Kier molecular flexibility index (Phi) is 3.29. The Balaban J connectivity index is 2.08. The second-order valence-electron chi connectivity index (χ2n) is 5.17. The number of nitrogens with zero attached hydrogens (tertiary/aromatic N) is 4. The number of hydrogen-bond acceptors (Lipinski definition) is 8. The fourth-order valence-electron chi connectivity index (χ4n) is 2.81. The van der Waals surface area contributed by atoms with Crippen LogP contribution in [0.25, 0.3) is 11.2 Å². The zero-order valence-corrected chi connectivity index (χ0v) is 11.7. The van der Waals surface area contributed by atoms with Crippen molar-refractivity contribution in [3.63, 3.8) is 0 Å². The van der Waals surface area contributed by atoms with Gasteiger partial charge in [-0.15, -0.1) is 0 Å². The summed E-state index contributed by atoms with van der Waals surface area (Å²) in [5.74, 6) is 0.249. The highest BCUT2D eigenvalue weighted by Crippen LogP contribution is 2.40. The van der Waals surface area contributed by atoms with Crippen LogP contribution in [0.5, 0.6) is 0 Å². The molecule has 0 bridgehead atoms. The number of ether oxygens (including phenoxy) is 2. The summed E-state index contributed by atoms with van der Waals surface area (Å²) in [6.45, 7) is 1.31. The Morgan fingerprint density at radius 3 is 2.86 bits per heavy atom. The minimum absolute atomic E-state index is 0.249. The van der Waals surface area contributed by atoms with Gasteiger partial charge in [0, 0.05) is 7.11 Å². The summed E-state index contributed by atoms with van der Waals surface area (Å²) in [7, 11) is 1.46. The first-order chi connectivity index (χ1) is 10.0. The first kappa shape index (κ1) is 14.1. The van der Waals surface area contributed by atoms with Crippen LogP contribution in [0.15, 0.2) is 12.7 Å². The minimum Gasteiger partial charge on any atom is -0.394 e. The molecule has 0 aliphatic carbocycles. The minimum atomic E-state index is -1.37. The predicted molar refractivity (Wildman–Crippen MR) is 72.2 cm³/mol. The topological polar surface area (TPSA) is 129 Å². The van der Waals surface area contributed by atoms with Crippen molar-refractivity contribution >= 4 is 17.0 Å². The lowest BCUT2D eigenvalue weighted by atomic mass is 9.96. The van der Waals surface area contributed by atoms with Gasteiger partial charge in [-0.05, 0) is 6.92 Å². The van der Waals surface area contributed by atoms with Gasteiger partial charge < -0.3 is 25.4 Å². The molecule has 0 radical (unpaired) electrons. The van der Waals surface area contributed by atoms with Gasteiger partial charge in [-0.3, -0.25) is 4.57 Å². The highest BCUT2D eigenvalue weighted by Gasteiger charge is 2.54. The second kappa shape index (κ2) is 4.88. The smallest absolute Gasteiger partial charge is 0.168 e. The molecule has 21 heavy (non-hydrogen) atoms. The van der Waals surface area contributed by atoms with Gasteiger partial charge in [-0.1, -0.05) is 0 Å². The highest BCUT2D eigenvalue weighted by molar-refractivity contribution is 5.81. The van der Waals surface area contributed by atoms with E-state index in [0.29, 0.717) is 11.2 Å². The predicted octanol–water partition coefficient (Wildman–Crippen LogP) is -0.936. The van der Waals surface area contributed by atoms with E-state index in [1.54, 1.807) is 11.5 Å². The van der Waals surface area contributed by atoms with Gasteiger partial charge in [0.1, 0.15) is 29.7 Å². The number of rotatable bonds is 3. The molecule has 1 saturated heterocycles. The molecule has 0 amide bonds. The number of methoxy groups -OCH3 is 1. The van der Waals surface area contributed by atoms with Crippen molar-refractivity contribution in [2.24, 2.45) is 0 Å². The van der Waals surface area contributed by atoms with Gasteiger partial charge >= 0.3 is 0 Å². The average Bonchev–Trinajstić information content (AvgIpc) is 2.97. The summed E-state index contributed by atoms with van der Waals surface area (Å²) in [6.07, 6.45) is 0.660. The van der Waals surface area contributed by atoms with Crippen LogP contribution in [0.4, 0.5) is 5.82 Å². The quantitative estimate of drug-likeness (QED) is 0.662. The van der Waals surface area contributed by atoms with Crippen LogP contribution in [0.3, 0.4) is 0 Å². The van der Waals surface area contributed by atoms with Crippen LogP contribution < -0.4 is 5.73 Å². The monoisotopic (exact) mass is 295 g/mol. The summed E-state index contributed by atoms with van der Waals surface area (Å²) in [6, 6.07) is 0. The normalized spacial score (nSPS) is 32.9. The molecule has 0 unspecified atom stereocenters. The van der Waals surface area contributed by atoms with E-state index in [4.69, 9.17) is 15.2 Å².